The SMILES string of the molecule is CCC(C)(C)c1cccn2cc(-c3ccc(OC)cc3F)nc12. The third-order valence-electron chi connectivity index (χ3n) is 4.55. The highest BCUT2D eigenvalue weighted by molar-refractivity contribution is 5.66. The Morgan fingerprint density at radius 3 is 2.70 bits per heavy atom. The summed E-state index contributed by atoms with van der Waals surface area (Å²) >= 11 is 0. The molecule has 0 fully saturated rings. The molecule has 0 amide bonds. The highest BCUT2D eigenvalue weighted by Crippen LogP contribution is 2.32. The number of halogens is 1. The lowest BCUT2D eigenvalue weighted by molar-refractivity contribution is 0.411. The van der Waals surface area contributed by atoms with Crippen LogP contribution in [0.4, 0.5) is 4.39 Å². The normalized spacial score (nSPS) is 11.9. The fourth-order valence-corrected chi connectivity index (χ4v) is 2.69. The minimum Gasteiger partial charge on any atom is -0.497 e. The van der Waals surface area contributed by atoms with Gasteiger partial charge < -0.3 is 9.14 Å². The van der Waals surface area contributed by atoms with Crippen LogP contribution < -0.4 is 4.74 Å². The van der Waals surface area contributed by atoms with Crippen LogP contribution in [0.15, 0.2) is 42.7 Å². The first-order valence-electron chi connectivity index (χ1n) is 7.78. The second kappa shape index (κ2) is 5.69. The quantitative estimate of drug-likeness (QED) is 0.689. The van der Waals surface area contributed by atoms with Gasteiger partial charge in [-0.3, -0.25) is 0 Å². The molecular formula is C19H21FN2O. The molecule has 0 saturated carbocycles. The molecule has 0 spiro atoms. The highest BCUT2D eigenvalue weighted by atomic mass is 19.1. The van der Waals surface area contributed by atoms with Crippen molar-refractivity contribution in [1.29, 1.82) is 0 Å². The van der Waals surface area contributed by atoms with E-state index < -0.39 is 0 Å². The largest absolute Gasteiger partial charge is 0.497 e. The van der Waals surface area contributed by atoms with E-state index in [9.17, 15) is 4.39 Å². The van der Waals surface area contributed by atoms with Gasteiger partial charge in [0.1, 0.15) is 17.2 Å². The summed E-state index contributed by atoms with van der Waals surface area (Å²) in [4.78, 5) is 4.70. The number of hydrogen-bond acceptors (Lipinski definition) is 2. The van der Waals surface area contributed by atoms with Gasteiger partial charge in [0.2, 0.25) is 0 Å². The van der Waals surface area contributed by atoms with Gasteiger partial charge >= 0.3 is 0 Å². The third kappa shape index (κ3) is 2.69. The molecule has 3 aromatic rings. The minimum absolute atomic E-state index is 0.0174. The Balaban J connectivity index is 2.16. The molecule has 0 unspecified atom stereocenters. The third-order valence-corrected chi connectivity index (χ3v) is 4.55. The van der Waals surface area contributed by atoms with Crippen LogP contribution >= 0.6 is 0 Å². The Morgan fingerprint density at radius 1 is 1.26 bits per heavy atom. The molecule has 120 valence electrons. The first-order chi connectivity index (χ1) is 11.0. The van der Waals surface area contributed by atoms with Crippen molar-refractivity contribution >= 4 is 5.65 Å². The molecule has 0 aliphatic carbocycles. The molecule has 0 bridgehead atoms. The maximum atomic E-state index is 14.3. The van der Waals surface area contributed by atoms with Gasteiger partial charge in [-0.05, 0) is 30.0 Å². The first-order valence-corrected chi connectivity index (χ1v) is 7.78. The number of nitrogens with zero attached hydrogens (tertiary/aromatic N) is 2. The van der Waals surface area contributed by atoms with Crippen molar-refractivity contribution in [2.75, 3.05) is 7.11 Å². The zero-order chi connectivity index (χ0) is 16.6. The number of pyridine rings is 1. The molecule has 23 heavy (non-hydrogen) atoms. The second-order valence-electron chi connectivity index (χ2n) is 6.36. The van der Waals surface area contributed by atoms with Crippen LogP contribution in [0.1, 0.15) is 32.8 Å². The van der Waals surface area contributed by atoms with E-state index in [0.29, 0.717) is 17.0 Å². The van der Waals surface area contributed by atoms with Crippen LogP contribution in [0.5, 0.6) is 5.75 Å². The zero-order valence-corrected chi connectivity index (χ0v) is 13.9. The molecule has 2 heterocycles. The maximum Gasteiger partial charge on any atom is 0.141 e. The average Bonchev–Trinajstić information content (AvgIpc) is 2.98. The Labute approximate surface area is 135 Å². The van der Waals surface area contributed by atoms with Crippen molar-refractivity contribution in [2.24, 2.45) is 0 Å². The fraction of sp³-hybridized carbons (Fsp3) is 0.316. The molecular weight excluding hydrogens is 291 g/mol. The molecule has 0 aliphatic rings. The van der Waals surface area contributed by atoms with Gasteiger partial charge in [0.25, 0.3) is 0 Å². The lowest BCUT2D eigenvalue weighted by Gasteiger charge is -2.23. The number of imidazole rings is 1. The standard InChI is InChI=1S/C19H21FN2O/c1-5-19(2,3)15-7-6-10-22-12-17(21-18(15)22)14-9-8-13(23-4)11-16(14)20/h6-12H,5H2,1-4H3. The predicted octanol–water partition coefficient (Wildman–Crippen LogP) is 4.84. The summed E-state index contributed by atoms with van der Waals surface area (Å²) in [5.74, 6) is 0.173. The number of fused-ring (bicyclic) bond motifs is 1. The van der Waals surface area contributed by atoms with E-state index >= 15 is 0 Å². The van der Waals surface area contributed by atoms with Crippen molar-refractivity contribution in [3.8, 4) is 17.0 Å². The summed E-state index contributed by atoms with van der Waals surface area (Å²) in [5.41, 5.74) is 3.18. The molecule has 3 nitrogen and oxygen atoms in total. The van der Waals surface area contributed by atoms with Crippen LogP contribution in [0.2, 0.25) is 0 Å². The Hall–Kier alpha value is -2.36. The van der Waals surface area contributed by atoms with Crippen molar-refractivity contribution in [3.05, 3.63) is 54.1 Å². The summed E-state index contributed by atoms with van der Waals surface area (Å²) in [6, 6.07) is 8.95. The second-order valence-corrected chi connectivity index (χ2v) is 6.36. The van der Waals surface area contributed by atoms with Gasteiger partial charge in [0.05, 0.1) is 12.8 Å². The molecule has 2 aromatic heterocycles. The molecule has 4 heteroatoms. The van der Waals surface area contributed by atoms with Gasteiger partial charge in [-0.1, -0.05) is 26.8 Å². The van der Waals surface area contributed by atoms with E-state index in [0.717, 1.165) is 12.1 Å². The minimum atomic E-state index is -0.330. The molecule has 0 atom stereocenters. The van der Waals surface area contributed by atoms with Crippen molar-refractivity contribution < 1.29 is 9.13 Å². The number of hydrogen-bond donors (Lipinski definition) is 0. The average molecular weight is 312 g/mol. The molecule has 0 aliphatic heterocycles. The number of rotatable bonds is 4. The molecule has 0 saturated heterocycles. The predicted molar refractivity (Wildman–Crippen MR) is 90.5 cm³/mol. The topological polar surface area (TPSA) is 26.5 Å². The Bertz CT molecular complexity index is 852. The Morgan fingerprint density at radius 2 is 2.04 bits per heavy atom. The zero-order valence-electron chi connectivity index (χ0n) is 13.9. The number of aromatic nitrogens is 2. The number of benzene rings is 1. The number of ether oxygens (including phenoxy) is 1. The van der Waals surface area contributed by atoms with E-state index in [1.165, 1.54) is 18.7 Å². The van der Waals surface area contributed by atoms with Crippen molar-refractivity contribution in [2.45, 2.75) is 32.6 Å². The monoisotopic (exact) mass is 312 g/mol. The van der Waals surface area contributed by atoms with Crippen LogP contribution in [0.25, 0.3) is 16.9 Å². The van der Waals surface area contributed by atoms with E-state index in [-0.39, 0.29) is 11.2 Å². The van der Waals surface area contributed by atoms with E-state index in [2.05, 4.69) is 26.8 Å². The maximum absolute atomic E-state index is 14.3. The smallest absolute Gasteiger partial charge is 0.141 e. The fourth-order valence-electron chi connectivity index (χ4n) is 2.69. The van der Waals surface area contributed by atoms with Crippen LogP contribution in [0, 0.1) is 5.82 Å². The molecule has 0 N–H and O–H groups in total. The Kier molecular flexibility index (Phi) is 3.84. The van der Waals surface area contributed by atoms with Crippen LogP contribution in [-0.4, -0.2) is 16.5 Å². The molecule has 3 rings (SSSR count). The van der Waals surface area contributed by atoms with Gasteiger partial charge in [-0.15, -0.1) is 0 Å². The summed E-state index contributed by atoms with van der Waals surface area (Å²) in [5, 5.41) is 0. The lowest BCUT2D eigenvalue weighted by atomic mass is 9.83. The number of methoxy groups -OCH3 is 1. The first kappa shape index (κ1) is 15.5. The lowest BCUT2D eigenvalue weighted by Crippen LogP contribution is -2.16. The molecule has 0 radical (unpaired) electrons. The van der Waals surface area contributed by atoms with E-state index in [1.54, 1.807) is 12.1 Å². The van der Waals surface area contributed by atoms with Gasteiger partial charge in [0.15, 0.2) is 0 Å². The van der Waals surface area contributed by atoms with Gasteiger partial charge in [0, 0.05) is 29.6 Å². The summed E-state index contributed by atoms with van der Waals surface area (Å²) < 4.78 is 21.3. The van der Waals surface area contributed by atoms with Gasteiger partial charge in [-0.25, -0.2) is 9.37 Å². The van der Waals surface area contributed by atoms with Crippen molar-refractivity contribution in [3.63, 3.8) is 0 Å². The highest BCUT2D eigenvalue weighted by Gasteiger charge is 2.22. The summed E-state index contributed by atoms with van der Waals surface area (Å²) in [7, 11) is 1.53. The van der Waals surface area contributed by atoms with Crippen LogP contribution in [0.3, 0.4) is 0 Å². The van der Waals surface area contributed by atoms with E-state index in [4.69, 9.17) is 9.72 Å². The van der Waals surface area contributed by atoms with E-state index in [1.807, 2.05) is 22.9 Å². The van der Waals surface area contributed by atoms with Gasteiger partial charge in [-0.2, -0.15) is 0 Å². The molecule has 1 aromatic carbocycles. The summed E-state index contributed by atoms with van der Waals surface area (Å²) in [6.45, 7) is 6.56. The van der Waals surface area contributed by atoms with Crippen LogP contribution in [-0.2, 0) is 5.41 Å². The van der Waals surface area contributed by atoms with Crippen molar-refractivity contribution in [1.82, 2.24) is 9.38 Å². The summed E-state index contributed by atoms with van der Waals surface area (Å²) in [6.07, 6.45) is 4.82.